The van der Waals surface area contributed by atoms with Gasteiger partial charge in [0.1, 0.15) is 0 Å². The minimum Gasteiger partial charge on any atom is -0.320 e. The van der Waals surface area contributed by atoms with Gasteiger partial charge in [-0.1, -0.05) is 23.1 Å². The Hall–Kier alpha value is -1.25. The van der Waals surface area contributed by atoms with E-state index < -0.39 is 11.7 Å². The number of anilines is 1. The van der Waals surface area contributed by atoms with E-state index in [9.17, 15) is 13.6 Å². The average molecular weight is 322 g/mol. The minimum atomic E-state index is -2.47. The molecule has 0 aliphatic carbocycles. The van der Waals surface area contributed by atoms with Crippen molar-refractivity contribution >= 4 is 46.3 Å². The summed E-state index contributed by atoms with van der Waals surface area (Å²) in [5.74, 6) is -2.91. The van der Waals surface area contributed by atoms with E-state index in [-0.39, 0.29) is 9.47 Å². The first-order valence-electron chi connectivity index (χ1n) is 4.90. The molecule has 9 heteroatoms. The molecule has 0 aliphatic rings. The number of alkyl halides is 2. The third-order valence-corrected chi connectivity index (χ3v) is 3.67. The van der Waals surface area contributed by atoms with Crippen molar-refractivity contribution in [2.45, 2.75) is 10.7 Å². The van der Waals surface area contributed by atoms with E-state index in [1.807, 2.05) is 0 Å². The molecule has 0 saturated heterocycles. The zero-order chi connectivity index (χ0) is 13.8. The Bertz CT molecular complexity index is 576. The van der Waals surface area contributed by atoms with E-state index in [0.29, 0.717) is 22.3 Å². The van der Waals surface area contributed by atoms with Gasteiger partial charge in [-0.3, -0.25) is 4.79 Å². The van der Waals surface area contributed by atoms with Crippen molar-refractivity contribution in [1.29, 1.82) is 0 Å². The number of rotatable bonds is 4. The van der Waals surface area contributed by atoms with Crippen LogP contribution in [-0.2, 0) is 0 Å². The van der Waals surface area contributed by atoms with Crippen LogP contribution in [0.15, 0.2) is 29.2 Å². The lowest BCUT2D eigenvalue weighted by molar-refractivity contribution is 0.102. The summed E-state index contributed by atoms with van der Waals surface area (Å²) in [5.41, 5.74) is 0.481. The summed E-state index contributed by atoms with van der Waals surface area (Å²) in [4.78, 5) is 12.1. The summed E-state index contributed by atoms with van der Waals surface area (Å²) < 4.78 is 24.4. The molecule has 1 aromatic heterocycles. The zero-order valence-corrected chi connectivity index (χ0v) is 11.5. The highest BCUT2D eigenvalue weighted by Crippen LogP contribution is 2.26. The van der Waals surface area contributed by atoms with Crippen LogP contribution in [0.4, 0.5) is 14.5 Å². The van der Waals surface area contributed by atoms with Gasteiger partial charge < -0.3 is 5.32 Å². The van der Waals surface area contributed by atoms with E-state index >= 15 is 0 Å². The number of aromatic nitrogens is 2. The number of hydrogen-bond acceptors (Lipinski definition) is 5. The normalized spacial score (nSPS) is 10.7. The van der Waals surface area contributed by atoms with Crippen molar-refractivity contribution in [3.63, 3.8) is 0 Å². The van der Waals surface area contributed by atoms with Gasteiger partial charge >= 0.3 is 0 Å². The number of carbonyl (C=O) groups is 1. The van der Waals surface area contributed by atoms with E-state index in [4.69, 9.17) is 11.6 Å². The molecule has 0 bridgehead atoms. The van der Waals surface area contributed by atoms with Crippen LogP contribution in [0.1, 0.15) is 9.80 Å². The van der Waals surface area contributed by atoms with Crippen LogP contribution in [0.3, 0.4) is 0 Å². The van der Waals surface area contributed by atoms with Crippen molar-refractivity contribution in [2.75, 3.05) is 5.32 Å². The topological polar surface area (TPSA) is 54.9 Å². The van der Waals surface area contributed by atoms with E-state index in [2.05, 4.69) is 15.5 Å². The molecule has 4 nitrogen and oxygen atoms in total. The fraction of sp³-hybridized carbons (Fsp3) is 0.100. The molecular weight excluding hydrogens is 316 g/mol. The minimum absolute atomic E-state index is 0.135. The third-order valence-electron chi connectivity index (χ3n) is 1.93. The van der Waals surface area contributed by atoms with Crippen LogP contribution in [0, 0.1) is 0 Å². The standard InChI is InChI=1S/C10H6ClF2N3OS2/c11-9-16-15-8(19-9)7(17)14-5-1-3-6(4-2-5)18-10(12)13/h1-4,10H,(H,14,17). The van der Waals surface area contributed by atoms with Gasteiger partial charge in [0.2, 0.25) is 9.47 Å². The molecular formula is C10H6ClF2N3OS2. The predicted molar refractivity (Wildman–Crippen MR) is 71.2 cm³/mol. The summed E-state index contributed by atoms with van der Waals surface area (Å²) in [6.07, 6.45) is 0. The zero-order valence-electron chi connectivity index (χ0n) is 9.14. The van der Waals surface area contributed by atoms with Gasteiger partial charge in [-0.05, 0) is 35.9 Å². The Morgan fingerprint density at radius 3 is 2.53 bits per heavy atom. The Morgan fingerprint density at radius 2 is 2.00 bits per heavy atom. The molecule has 0 atom stereocenters. The first kappa shape index (κ1) is 14.2. The van der Waals surface area contributed by atoms with Gasteiger partial charge in [0, 0.05) is 10.6 Å². The van der Waals surface area contributed by atoms with Crippen molar-refractivity contribution in [1.82, 2.24) is 10.2 Å². The van der Waals surface area contributed by atoms with Crippen molar-refractivity contribution in [3.05, 3.63) is 33.7 Å². The van der Waals surface area contributed by atoms with Crippen molar-refractivity contribution in [3.8, 4) is 0 Å². The van der Waals surface area contributed by atoms with E-state index in [0.717, 1.165) is 11.3 Å². The Balaban J connectivity index is 2.01. The molecule has 0 radical (unpaired) electrons. The molecule has 100 valence electrons. The van der Waals surface area contributed by atoms with E-state index in [1.165, 1.54) is 24.3 Å². The summed E-state index contributed by atoms with van der Waals surface area (Å²) in [5, 5.41) is 9.80. The lowest BCUT2D eigenvalue weighted by atomic mass is 10.3. The van der Waals surface area contributed by atoms with Crippen LogP contribution in [0.5, 0.6) is 0 Å². The number of nitrogens with zero attached hydrogens (tertiary/aromatic N) is 2. The first-order chi connectivity index (χ1) is 9.04. The maximum Gasteiger partial charge on any atom is 0.288 e. The highest BCUT2D eigenvalue weighted by molar-refractivity contribution is 7.99. The molecule has 0 fully saturated rings. The molecule has 0 spiro atoms. The lowest BCUT2D eigenvalue weighted by Crippen LogP contribution is -2.11. The third kappa shape index (κ3) is 4.12. The second-order valence-electron chi connectivity index (χ2n) is 3.22. The lowest BCUT2D eigenvalue weighted by Gasteiger charge is -2.04. The fourth-order valence-corrected chi connectivity index (χ4v) is 2.42. The number of amides is 1. The maximum atomic E-state index is 12.1. The first-order valence-corrected chi connectivity index (χ1v) is 6.97. The molecule has 0 unspecified atom stereocenters. The van der Waals surface area contributed by atoms with E-state index in [1.54, 1.807) is 0 Å². The Kier molecular flexibility index (Phi) is 4.67. The van der Waals surface area contributed by atoms with Gasteiger partial charge in [-0.25, -0.2) is 0 Å². The molecule has 1 amide bonds. The largest absolute Gasteiger partial charge is 0.320 e. The maximum absolute atomic E-state index is 12.1. The number of carbonyl (C=O) groups excluding carboxylic acids is 1. The second kappa shape index (κ2) is 6.27. The van der Waals surface area contributed by atoms with Crippen LogP contribution in [-0.4, -0.2) is 21.9 Å². The monoisotopic (exact) mass is 321 g/mol. The van der Waals surface area contributed by atoms with Gasteiger partial charge in [0.25, 0.3) is 11.7 Å². The van der Waals surface area contributed by atoms with Crippen molar-refractivity contribution in [2.24, 2.45) is 0 Å². The molecule has 1 heterocycles. The number of nitrogens with one attached hydrogen (secondary N) is 1. The summed E-state index contributed by atoms with van der Waals surface area (Å²) in [6.45, 7) is 0. The SMILES string of the molecule is O=C(Nc1ccc(SC(F)F)cc1)c1nnc(Cl)s1. The number of halogens is 3. The Labute approximate surface area is 120 Å². The molecule has 19 heavy (non-hydrogen) atoms. The molecule has 0 saturated carbocycles. The highest BCUT2D eigenvalue weighted by atomic mass is 35.5. The van der Waals surface area contributed by atoms with Crippen LogP contribution < -0.4 is 5.32 Å². The van der Waals surface area contributed by atoms with Gasteiger partial charge in [0.15, 0.2) is 0 Å². The summed E-state index contributed by atoms with van der Waals surface area (Å²) >= 11 is 6.96. The summed E-state index contributed by atoms with van der Waals surface area (Å²) in [6, 6.07) is 6.07. The molecule has 1 N–H and O–H groups in total. The van der Waals surface area contributed by atoms with Crippen molar-refractivity contribution < 1.29 is 13.6 Å². The quantitative estimate of drug-likeness (QED) is 0.871. The Morgan fingerprint density at radius 1 is 1.32 bits per heavy atom. The molecule has 1 aromatic carbocycles. The smallest absolute Gasteiger partial charge is 0.288 e. The average Bonchev–Trinajstić information content (AvgIpc) is 2.78. The van der Waals surface area contributed by atoms with Gasteiger partial charge in [-0.15, -0.1) is 10.2 Å². The van der Waals surface area contributed by atoms with Crippen LogP contribution in [0.25, 0.3) is 0 Å². The highest BCUT2D eigenvalue weighted by Gasteiger charge is 2.12. The van der Waals surface area contributed by atoms with Crippen LogP contribution in [0.2, 0.25) is 4.47 Å². The number of benzene rings is 1. The molecule has 2 aromatic rings. The predicted octanol–water partition coefficient (Wildman–Crippen LogP) is 3.76. The van der Waals surface area contributed by atoms with Gasteiger partial charge in [0.05, 0.1) is 0 Å². The molecule has 2 rings (SSSR count). The summed E-state index contributed by atoms with van der Waals surface area (Å²) in [7, 11) is 0. The van der Waals surface area contributed by atoms with Crippen LogP contribution >= 0.6 is 34.7 Å². The second-order valence-corrected chi connectivity index (χ2v) is 5.84. The van der Waals surface area contributed by atoms with Gasteiger partial charge in [-0.2, -0.15) is 8.78 Å². The number of hydrogen-bond donors (Lipinski definition) is 1. The number of thioether (sulfide) groups is 1. The molecule has 0 aliphatic heterocycles. The fourth-order valence-electron chi connectivity index (χ4n) is 1.20.